The minimum Gasteiger partial charge on any atom is -0.493 e. The molecule has 0 aliphatic carbocycles. The maximum Gasteiger partial charge on any atom is 0.417 e. The molecular formula is C22H22F5NO5. The molecule has 0 saturated carbocycles. The first-order valence-electron chi connectivity index (χ1n) is 9.87. The third-order valence-corrected chi connectivity index (χ3v) is 6.18. The Hall–Kier alpha value is -2.95. The van der Waals surface area contributed by atoms with E-state index in [0.717, 1.165) is 39.3 Å². The van der Waals surface area contributed by atoms with E-state index in [1.807, 2.05) is 0 Å². The van der Waals surface area contributed by atoms with Gasteiger partial charge in [-0.05, 0) is 19.9 Å². The Balaban J connectivity index is 2.36. The molecule has 1 aliphatic heterocycles. The van der Waals surface area contributed by atoms with Crippen molar-refractivity contribution in [3.63, 3.8) is 0 Å². The maximum atomic E-state index is 14.5. The zero-order valence-electron chi connectivity index (χ0n) is 18.4. The fourth-order valence-corrected chi connectivity index (χ4v) is 4.30. The van der Waals surface area contributed by atoms with Gasteiger partial charge < -0.3 is 19.2 Å². The quantitative estimate of drug-likeness (QED) is 0.518. The molecule has 33 heavy (non-hydrogen) atoms. The van der Waals surface area contributed by atoms with Crippen LogP contribution in [-0.4, -0.2) is 37.0 Å². The Morgan fingerprint density at radius 1 is 1.21 bits per heavy atom. The molecule has 1 aromatic carbocycles. The molecule has 4 atom stereocenters. The highest BCUT2D eigenvalue weighted by molar-refractivity contribution is 5.90. The fourth-order valence-electron chi connectivity index (χ4n) is 4.30. The van der Waals surface area contributed by atoms with Crippen LogP contribution in [0.15, 0.2) is 23.0 Å². The predicted molar refractivity (Wildman–Crippen MR) is 106 cm³/mol. The molecule has 1 aromatic heterocycles. The van der Waals surface area contributed by atoms with Crippen molar-refractivity contribution in [2.45, 2.75) is 44.6 Å². The number of benzene rings is 1. The van der Waals surface area contributed by atoms with Gasteiger partial charge in [0, 0.05) is 29.2 Å². The van der Waals surface area contributed by atoms with E-state index in [1.54, 1.807) is 0 Å². The highest BCUT2D eigenvalue weighted by Crippen LogP contribution is 2.59. The SMILES string of the molecule is COC(=O)c1c([C@@H]2O[C@@](C)(C(F)(F)F)[C@@H](C)[C@H]2c2ccc(F)c(F)c2OC)[nH]c(C)cc1=O. The van der Waals surface area contributed by atoms with Gasteiger partial charge in [0.1, 0.15) is 11.7 Å². The number of halogens is 5. The Kier molecular flexibility index (Phi) is 6.31. The largest absolute Gasteiger partial charge is 0.493 e. The Labute approximate surface area is 185 Å². The number of methoxy groups -OCH3 is 2. The predicted octanol–water partition coefficient (Wildman–Crippen LogP) is 4.57. The van der Waals surface area contributed by atoms with E-state index in [4.69, 9.17) is 9.47 Å². The number of carbonyl (C=O) groups excluding carboxylic acids is 1. The van der Waals surface area contributed by atoms with Crippen LogP contribution in [0.1, 0.15) is 53.2 Å². The highest BCUT2D eigenvalue weighted by Gasteiger charge is 2.65. The molecule has 0 amide bonds. The smallest absolute Gasteiger partial charge is 0.417 e. The van der Waals surface area contributed by atoms with Gasteiger partial charge in [0.2, 0.25) is 5.82 Å². The second-order valence-electron chi connectivity index (χ2n) is 8.04. The molecule has 1 saturated heterocycles. The first-order valence-corrected chi connectivity index (χ1v) is 9.87. The van der Waals surface area contributed by atoms with Crippen molar-refractivity contribution >= 4 is 5.97 Å². The first kappa shape index (κ1) is 24.7. The molecule has 1 aliphatic rings. The zero-order valence-corrected chi connectivity index (χ0v) is 18.4. The molecule has 3 rings (SSSR count). The van der Waals surface area contributed by atoms with Crippen molar-refractivity contribution in [3.8, 4) is 5.75 Å². The number of hydrogen-bond donors (Lipinski definition) is 1. The number of aryl methyl sites for hydroxylation is 1. The summed E-state index contributed by atoms with van der Waals surface area (Å²) in [4.78, 5) is 27.7. The summed E-state index contributed by atoms with van der Waals surface area (Å²) < 4.78 is 85.9. The van der Waals surface area contributed by atoms with Gasteiger partial charge in [-0.25, -0.2) is 9.18 Å². The lowest BCUT2D eigenvalue weighted by Crippen LogP contribution is -2.46. The minimum absolute atomic E-state index is 0.111. The van der Waals surface area contributed by atoms with E-state index in [9.17, 15) is 31.5 Å². The zero-order chi connectivity index (χ0) is 24.9. The maximum absolute atomic E-state index is 14.5. The lowest BCUT2D eigenvalue weighted by molar-refractivity contribution is -0.275. The number of ether oxygens (including phenoxy) is 3. The molecule has 1 N–H and O–H groups in total. The number of rotatable bonds is 4. The standard InChI is InChI=1S/C22H22F5NO5/c1-9-8-13(29)15(20(30)32-5)17(28-9)19-14(10(2)21(3,33-19)22(25,26)27)11-6-7-12(23)16(24)18(11)31-4/h6-8,10,14,19H,1-5H3,(H,28,29)/t10-,14-,19+,21+/m0/s1. The molecule has 1 fully saturated rings. The van der Waals surface area contributed by atoms with Gasteiger partial charge in [-0.2, -0.15) is 17.6 Å². The number of aromatic nitrogens is 1. The summed E-state index contributed by atoms with van der Waals surface area (Å²) >= 11 is 0. The molecule has 6 nitrogen and oxygen atoms in total. The van der Waals surface area contributed by atoms with Crippen LogP contribution in [0, 0.1) is 24.5 Å². The Bertz CT molecular complexity index is 1150. The van der Waals surface area contributed by atoms with Crippen LogP contribution in [0.3, 0.4) is 0 Å². The number of nitrogens with one attached hydrogen (secondary N) is 1. The van der Waals surface area contributed by atoms with Gasteiger partial charge in [0.25, 0.3) is 0 Å². The van der Waals surface area contributed by atoms with Crippen LogP contribution in [0.4, 0.5) is 22.0 Å². The van der Waals surface area contributed by atoms with Crippen LogP contribution >= 0.6 is 0 Å². The summed E-state index contributed by atoms with van der Waals surface area (Å²) in [6.07, 6.45) is -6.45. The van der Waals surface area contributed by atoms with E-state index in [1.165, 1.54) is 13.8 Å². The highest BCUT2D eigenvalue weighted by atomic mass is 19.4. The van der Waals surface area contributed by atoms with Crippen LogP contribution < -0.4 is 10.2 Å². The lowest BCUT2D eigenvalue weighted by atomic mass is 9.76. The van der Waals surface area contributed by atoms with Crippen LogP contribution in [0.2, 0.25) is 0 Å². The second kappa shape index (κ2) is 8.44. The monoisotopic (exact) mass is 475 g/mol. The van der Waals surface area contributed by atoms with E-state index in [-0.39, 0.29) is 17.0 Å². The van der Waals surface area contributed by atoms with E-state index in [0.29, 0.717) is 0 Å². The van der Waals surface area contributed by atoms with E-state index >= 15 is 0 Å². The summed E-state index contributed by atoms with van der Waals surface area (Å²) in [5.41, 5.74) is -4.22. The third-order valence-electron chi connectivity index (χ3n) is 6.18. The van der Waals surface area contributed by atoms with Crippen LogP contribution in [0.25, 0.3) is 0 Å². The molecule has 0 bridgehead atoms. The lowest BCUT2D eigenvalue weighted by Gasteiger charge is -2.32. The molecule has 2 aromatic rings. The molecule has 2 heterocycles. The van der Waals surface area contributed by atoms with Gasteiger partial charge >= 0.3 is 12.1 Å². The molecule has 0 unspecified atom stereocenters. The first-order chi connectivity index (χ1) is 15.3. The molecule has 180 valence electrons. The molecule has 11 heteroatoms. The number of pyridine rings is 1. The van der Waals surface area contributed by atoms with Gasteiger partial charge in [-0.1, -0.05) is 13.0 Å². The van der Waals surface area contributed by atoms with Crippen molar-refractivity contribution in [1.29, 1.82) is 0 Å². The van der Waals surface area contributed by atoms with Crippen molar-refractivity contribution in [2.75, 3.05) is 14.2 Å². The summed E-state index contributed by atoms with van der Waals surface area (Å²) in [6.45, 7) is 3.54. The van der Waals surface area contributed by atoms with Crippen LogP contribution in [0.5, 0.6) is 5.75 Å². The number of alkyl halides is 3. The number of hydrogen-bond acceptors (Lipinski definition) is 5. The normalized spacial score (nSPS) is 25.2. The average molecular weight is 475 g/mol. The van der Waals surface area contributed by atoms with E-state index in [2.05, 4.69) is 9.72 Å². The molecule has 0 spiro atoms. The van der Waals surface area contributed by atoms with Crippen molar-refractivity contribution in [3.05, 3.63) is 62.6 Å². The topological polar surface area (TPSA) is 77.6 Å². The van der Waals surface area contributed by atoms with Crippen molar-refractivity contribution in [1.82, 2.24) is 4.98 Å². The summed E-state index contributed by atoms with van der Waals surface area (Å²) in [6, 6.07) is 2.95. The number of carbonyl (C=O) groups is 1. The Morgan fingerprint density at radius 2 is 1.85 bits per heavy atom. The number of esters is 1. The molecular weight excluding hydrogens is 453 g/mol. The fraction of sp³-hybridized carbons (Fsp3) is 0.455. The van der Waals surface area contributed by atoms with Crippen molar-refractivity contribution in [2.24, 2.45) is 5.92 Å². The molecule has 0 radical (unpaired) electrons. The van der Waals surface area contributed by atoms with Crippen molar-refractivity contribution < 1.29 is 41.0 Å². The van der Waals surface area contributed by atoms with Gasteiger partial charge in [0.05, 0.1) is 19.9 Å². The number of aromatic amines is 1. The Morgan fingerprint density at radius 3 is 2.39 bits per heavy atom. The number of H-pyrrole nitrogens is 1. The van der Waals surface area contributed by atoms with Gasteiger partial charge in [0.15, 0.2) is 22.6 Å². The van der Waals surface area contributed by atoms with Crippen LogP contribution in [-0.2, 0) is 9.47 Å². The summed E-state index contributed by atoms with van der Waals surface area (Å²) in [5.74, 6) is -6.97. The third kappa shape index (κ3) is 3.88. The minimum atomic E-state index is -4.87. The second-order valence-corrected chi connectivity index (χ2v) is 8.04. The van der Waals surface area contributed by atoms with Gasteiger partial charge in [-0.15, -0.1) is 0 Å². The van der Waals surface area contributed by atoms with E-state index < -0.39 is 64.1 Å². The summed E-state index contributed by atoms with van der Waals surface area (Å²) in [5, 5.41) is 0. The average Bonchev–Trinajstić information content (AvgIpc) is 3.00. The summed E-state index contributed by atoms with van der Waals surface area (Å²) in [7, 11) is 2.06. The van der Waals surface area contributed by atoms with Gasteiger partial charge in [-0.3, -0.25) is 4.79 Å².